The highest BCUT2D eigenvalue weighted by atomic mass is 28.3. The fourth-order valence-electron chi connectivity index (χ4n) is 1.48. The first-order valence-corrected chi connectivity index (χ1v) is 7.75. The van der Waals surface area contributed by atoms with Crippen molar-refractivity contribution >= 4 is 8.80 Å². The molecule has 0 saturated carbocycles. The van der Waals surface area contributed by atoms with E-state index in [0.29, 0.717) is 5.92 Å². The minimum atomic E-state index is -0.163. The molecule has 0 amide bonds. The van der Waals surface area contributed by atoms with Gasteiger partial charge in [-0.3, -0.25) is 0 Å². The van der Waals surface area contributed by atoms with E-state index >= 15 is 0 Å². The third kappa shape index (κ3) is 5.78. The van der Waals surface area contributed by atoms with Gasteiger partial charge in [-0.05, 0) is 12.3 Å². The van der Waals surface area contributed by atoms with Crippen LogP contribution in [0.5, 0.6) is 0 Å². The Kier molecular flexibility index (Phi) is 6.77. The van der Waals surface area contributed by atoms with Gasteiger partial charge < -0.3 is 5.11 Å². The Bertz CT molecular complexity index is 104. The van der Waals surface area contributed by atoms with E-state index in [9.17, 15) is 5.11 Å². The lowest BCUT2D eigenvalue weighted by Gasteiger charge is -2.19. The van der Waals surface area contributed by atoms with Gasteiger partial charge in [-0.25, -0.2) is 0 Å². The molecule has 0 fully saturated rings. The third-order valence-corrected chi connectivity index (χ3v) is 3.70. The van der Waals surface area contributed by atoms with Crippen LogP contribution in [-0.2, 0) is 0 Å². The van der Waals surface area contributed by atoms with E-state index in [1.54, 1.807) is 0 Å². The van der Waals surface area contributed by atoms with Gasteiger partial charge in [0.05, 0.1) is 6.10 Å². The predicted molar refractivity (Wildman–Crippen MR) is 57.0 cm³/mol. The summed E-state index contributed by atoms with van der Waals surface area (Å²) < 4.78 is 0. The van der Waals surface area contributed by atoms with Crippen LogP contribution in [0.3, 0.4) is 0 Å². The molecule has 0 aliphatic carbocycles. The van der Waals surface area contributed by atoms with Gasteiger partial charge in [-0.2, -0.15) is 0 Å². The van der Waals surface area contributed by atoms with Crippen LogP contribution < -0.4 is 0 Å². The van der Waals surface area contributed by atoms with Crippen molar-refractivity contribution in [2.45, 2.75) is 58.4 Å². The molecule has 0 bridgehead atoms. The van der Waals surface area contributed by atoms with Crippen molar-refractivity contribution < 1.29 is 5.11 Å². The molecule has 0 spiro atoms. The minimum absolute atomic E-state index is 0.0511. The first-order valence-electron chi connectivity index (χ1n) is 5.05. The monoisotopic (exact) mass is 187 g/mol. The average molecular weight is 187 g/mol. The van der Waals surface area contributed by atoms with E-state index < -0.39 is 0 Å². The summed E-state index contributed by atoms with van der Waals surface area (Å²) in [5.41, 5.74) is 0. The maximum Gasteiger partial charge on any atom is 0.0563 e. The smallest absolute Gasteiger partial charge is 0.0563 e. The second kappa shape index (κ2) is 6.67. The Morgan fingerprint density at radius 3 is 2.33 bits per heavy atom. The van der Waals surface area contributed by atoms with Crippen molar-refractivity contribution in [3.8, 4) is 0 Å². The number of hydrogen-bond acceptors (Lipinski definition) is 1. The molecular formula is C10H23OSi. The van der Waals surface area contributed by atoms with Crippen molar-refractivity contribution in [1.29, 1.82) is 0 Å². The van der Waals surface area contributed by atoms with Gasteiger partial charge in [0, 0.05) is 8.80 Å². The lowest BCUT2D eigenvalue weighted by Crippen LogP contribution is -2.21. The number of aliphatic hydroxyl groups is 1. The summed E-state index contributed by atoms with van der Waals surface area (Å²) in [5.74, 6) is 0.514. The van der Waals surface area contributed by atoms with Gasteiger partial charge in [0.15, 0.2) is 0 Å². The molecule has 0 aliphatic heterocycles. The average Bonchev–Trinajstić information content (AvgIpc) is 1.98. The zero-order valence-corrected chi connectivity index (χ0v) is 9.93. The van der Waals surface area contributed by atoms with E-state index in [0.717, 1.165) is 6.42 Å². The molecule has 73 valence electrons. The molecule has 2 heteroatoms. The van der Waals surface area contributed by atoms with Gasteiger partial charge in [0.1, 0.15) is 0 Å². The zero-order chi connectivity index (χ0) is 9.56. The van der Waals surface area contributed by atoms with Gasteiger partial charge in [0.2, 0.25) is 0 Å². The maximum atomic E-state index is 9.71. The molecule has 1 N–H and O–H groups in total. The molecule has 0 aromatic heterocycles. The molecule has 1 radical (unpaired) electrons. The van der Waals surface area contributed by atoms with E-state index in [1.807, 2.05) is 0 Å². The van der Waals surface area contributed by atoms with Crippen LogP contribution in [0.4, 0.5) is 0 Å². The normalized spacial score (nSPS) is 16.5. The lowest BCUT2D eigenvalue weighted by molar-refractivity contribution is 0.113. The highest BCUT2D eigenvalue weighted by molar-refractivity contribution is 6.55. The van der Waals surface area contributed by atoms with Gasteiger partial charge >= 0.3 is 0 Å². The molecule has 2 atom stereocenters. The molecule has 2 unspecified atom stereocenters. The third-order valence-electron chi connectivity index (χ3n) is 2.24. The standard InChI is InChI=1S/C10H23OSi/c1-5-6-7-10(11)9(2)8-12(3)4/h9-11H,5-8H2,1-4H3. The summed E-state index contributed by atoms with van der Waals surface area (Å²) in [6.07, 6.45) is 3.30. The number of hydrogen-bond donors (Lipinski definition) is 1. The molecule has 0 aromatic carbocycles. The molecular weight excluding hydrogens is 164 g/mol. The second-order valence-electron chi connectivity index (χ2n) is 4.10. The fraction of sp³-hybridized carbons (Fsp3) is 1.00. The Labute approximate surface area is 78.8 Å². The highest BCUT2D eigenvalue weighted by Gasteiger charge is 2.14. The Morgan fingerprint density at radius 2 is 1.92 bits per heavy atom. The molecule has 0 heterocycles. The number of unbranched alkanes of at least 4 members (excludes halogenated alkanes) is 1. The van der Waals surface area contributed by atoms with Crippen LogP contribution in [0, 0.1) is 5.92 Å². The second-order valence-corrected chi connectivity index (χ2v) is 6.92. The van der Waals surface area contributed by atoms with Crippen molar-refractivity contribution in [2.24, 2.45) is 5.92 Å². The van der Waals surface area contributed by atoms with Crippen LogP contribution in [0.2, 0.25) is 19.1 Å². The summed E-state index contributed by atoms with van der Waals surface area (Å²) in [4.78, 5) is 0. The number of aliphatic hydroxyl groups excluding tert-OH is 1. The topological polar surface area (TPSA) is 20.2 Å². The number of rotatable bonds is 6. The van der Waals surface area contributed by atoms with Gasteiger partial charge in [0.25, 0.3) is 0 Å². The molecule has 0 aliphatic rings. The van der Waals surface area contributed by atoms with E-state index in [-0.39, 0.29) is 14.9 Å². The first kappa shape index (κ1) is 12.2. The Balaban J connectivity index is 3.53. The van der Waals surface area contributed by atoms with Gasteiger partial charge in [-0.1, -0.05) is 45.8 Å². The lowest BCUT2D eigenvalue weighted by atomic mass is 10.0. The molecule has 12 heavy (non-hydrogen) atoms. The fourth-order valence-corrected chi connectivity index (χ4v) is 3.04. The van der Waals surface area contributed by atoms with Crippen LogP contribution in [0.15, 0.2) is 0 Å². The summed E-state index contributed by atoms with van der Waals surface area (Å²) in [7, 11) is -0.163. The predicted octanol–water partition coefficient (Wildman–Crippen LogP) is 2.93. The van der Waals surface area contributed by atoms with Crippen molar-refractivity contribution in [3.05, 3.63) is 0 Å². The van der Waals surface area contributed by atoms with Crippen molar-refractivity contribution in [3.63, 3.8) is 0 Å². The van der Waals surface area contributed by atoms with Crippen LogP contribution >= 0.6 is 0 Å². The first-order chi connectivity index (χ1) is 5.57. The van der Waals surface area contributed by atoms with Crippen LogP contribution in [0.1, 0.15) is 33.1 Å². The quantitative estimate of drug-likeness (QED) is 0.634. The summed E-state index contributed by atoms with van der Waals surface area (Å²) in [6, 6.07) is 1.25. The maximum absolute atomic E-state index is 9.71. The minimum Gasteiger partial charge on any atom is -0.393 e. The summed E-state index contributed by atoms with van der Waals surface area (Å²) in [6.45, 7) is 8.98. The molecule has 0 aromatic rings. The van der Waals surface area contributed by atoms with E-state index in [1.165, 1.54) is 18.9 Å². The van der Waals surface area contributed by atoms with E-state index in [2.05, 4.69) is 26.9 Å². The van der Waals surface area contributed by atoms with Gasteiger partial charge in [-0.15, -0.1) is 0 Å². The molecule has 0 rings (SSSR count). The zero-order valence-electron chi connectivity index (χ0n) is 8.93. The SMILES string of the molecule is CCCCC(O)C(C)C[Si](C)C. The Hall–Kier alpha value is 0.177. The van der Waals surface area contributed by atoms with E-state index in [4.69, 9.17) is 0 Å². The van der Waals surface area contributed by atoms with Crippen LogP contribution in [0.25, 0.3) is 0 Å². The largest absolute Gasteiger partial charge is 0.393 e. The highest BCUT2D eigenvalue weighted by Crippen LogP contribution is 2.16. The van der Waals surface area contributed by atoms with Crippen LogP contribution in [-0.4, -0.2) is 20.0 Å². The summed E-state index contributed by atoms with van der Waals surface area (Å²) in [5, 5.41) is 9.71. The summed E-state index contributed by atoms with van der Waals surface area (Å²) >= 11 is 0. The molecule has 1 nitrogen and oxygen atoms in total. The Morgan fingerprint density at radius 1 is 1.33 bits per heavy atom. The van der Waals surface area contributed by atoms with Crippen molar-refractivity contribution in [1.82, 2.24) is 0 Å². The van der Waals surface area contributed by atoms with Crippen molar-refractivity contribution in [2.75, 3.05) is 0 Å². The molecule has 0 saturated heterocycles.